The summed E-state index contributed by atoms with van der Waals surface area (Å²) < 4.78 is 79.5. The second-order valence-electron chi connectivity index (χ2n) is 9.74. The van der Waals surface area contributed by atoms with Crippen LogP contribution in [0.4, 0.5) is 23.2 Å². The van der Waals surface area contributed by atoms with Crippen molar-refractivity contribution in [2.75, 3.05) is 17.1 Å². The van der Waals surface area contributed by atoms with Gasteiger partial charge in [-0.25, -0.2) is 12.8 Å². The average molecular weight is 580 g/mol. The Labute approximate surface area is 224 Å². The number of benzene rings is 2. The zero-order valence-electron chi connectivity index (χ0n) is 21.6. The van der Waals surface area contributed by atoms with Gasteiger partial charge in [0.05, 0.1) is 22.5 Å². The number of hydrogen-bond donors (Lipinski definition) is 1. The standard InChI is InChI=1S/C25H30ClF4N3O4S/c1-6-21(23(35)31-24(2,3)4)32(14-16-7-9-17(27)10-8-16)22(34)15-33(38(5,36)37)18-11-12-20(26)19(13-18)25(28,29)30/h7-13,21H,6,14-15H2,1-5H3,(H,31,35). The fraction of sp³-hybridized carbons (Fsp3) is 0.440. The van der Waals surface area contributed by atoms with Crippen LogP contribution in [0.3, 0.4) is 0 Å². The number of carbonyl (C=O) groups excluding carboxylic acids is 2. The molecule has 38 heavy (non-hydrogen) atoms. The van der Waals surface area contributed by atoms with Gasteiger partial charge in [0.15, 0.2) is 0 Å². The molecule has 13 heteroatoms. The molecule has 0 saturated carbocycles. The molecule has 2 aromatic carbocycles. The van der Waals surface area contributed by atoms with Gasteiger partial charge in [0.1, 0.15) is 18.4 Å². The zero-order valence-corrected chi connectivity index (χ0v) is 23.1. The predicted octanol–water partition coefficient (Wildman–Crippen LogP) is 4.99. The van der Waals surface area contributed by atoms with E-state index in [1.165, 1.54) is 24.3 Å². The second kappa shape index (κ2) is 11.9. The molecule has 0 fully saturated rings. The number of anilines is 1. The van der Waals surface area contributed by atoms with E-state index in [1.54, 1.807) is 27.7 Å². The highest BCUT2D eigenvalue weighted by Gasteiger charge is 2.36. The van der Waals surface area contributed by atoms with Crippen LogP contribution in [0.1, 0.15) is 45.2 Å². The minimum Gasteiger partial charge on any atom is -0.350 e. The third-order valence-electron chi connectivity index (χ3n) is 5.37. The molecule has 0 aliphatic carbocycles. The van der Waals surface area contributed by atoms with Crippen molar-refractivity contribution in [1.82, 2.24) is 10.2 Å². The van der Waals surface area contributed by atoms with Gasteiger partial charge in [-0.05, 0) is 63.1 Å². The zero-order chi connectivity index (χ0) is 29.1. The van der Waals surface area contributed by atoms with Crippen LogP contribution in [0.15, 0.2) is 42.5 Å². The van der Waals surface area contributed by atoms with Crippen molar-refractivity contribution in [3.05, 3.63) is 64.4 Å². The van der Waals surface area contributed by atoms with E-state index in [9.17, 15) is 35.6 Å². The average Bonchev–Trinajstić information content (AvgIpc) is 2.76. The molecule has 7 nitrogen and oxygen atoms in total. The molecular weight excluding hydrogens is 550 g/mol. The molecule has 0 bridgehead atoms. The van der Waals surface area contributed by atoms with Crippen LogP contribution in [0, 0.1) is 5.82 Å². The molecule has 0 aliphatic heterocycles. The van der Waals surface area contributed by atoms with Crippen LogP contribution >= 0.6 is 11.6 Å². The number of alkyl halides is 3. The minimum atomic E-state index is -4.87. The largest absolute Gasteiger partial charge is 0.417 e. The second-order valence-corrected chi connectivity index (χ2v) is 12.1. The SMILES string of the molecule is CCC(C(=O)NC(C)(C)C)N(Cc1ccc(F)cc1)C(=O)CN(c1ccc(Cl)c(C(F)(F)F)c1)S(C)(=O)=O. The first kappa shape index (κ1) is 31.4. The Hall–Kier alpha value is -2.86. The molecule has 0 aliphatic rings. The number of nitrogens with one attached hydrogen (secondary N) is 1. The smallest absolute Gasteiger partial charge is 0.350 e. The highest BCUT2D eigenvalue weighted by Crippen LogP contribution is 2.37. The minimum absolute atomic E-state index is 0.146. The Morgan fingerprint density at radius 3 is 2.11 bits per heavy atom. The van der Waals surface area contributed by atoms with Gasteiger partial charge < -0.3 is 10.2 Å². The van der Waals surface area contributed by atoms with Crippen molar-refractivity contribution in [3.8, 4) is 0 Å². The number of hydrogen-bond acceptors (Lipinski definition) is 4. The third-order valence-corrected chi connectivity index (χ3v) is 6.84. The van der Waals surface area contributed by atoms with Crippen molar-refractivity contribution in [1.29, 1.82) is 0 Å². The maximum Gasteiger partial charge on any atom is 0.417 e. The summed E-state index contributed by atoms with van der Waals surface area (Å²) in [6, 6.07) is 6.60. The van der Waals surface area contributed by atoms with Crippen LogP contribution in [0.5, 0.6) is 0 Å². The Morgan fingerprint density at radius 1 is 1.05 bits per heavy atom. The van der Waals surface area contributed by atoms with E-state index in [-0.39, 0.29) is 13.0 Å². The van der Waals surface area contributed by atoms with Gasteiger partial charge >= 0.3 is 6.18 Å². The summed E-state index contributed by atoms with van der Waals surface area (Å²) in [6.07, 6.45) is -3.98. The van der Waals surface area contributed by atoms with Crippen molar-refractivity contribution in [2.45, 2.75) is 58.4 Å². The first-order valence-corrected chi connectivity index (χ1v) is 13.8. The van der Waals surface area contributed by atoms with Crippen molar-refractivity contribution in [3.63, 3.8) is 0 Å². The topological polar surface area (TPSA) is 86.8 Å². The highest BCUT2D eigenvalue weighted by atomic mass is 35.5. The number of halogens is 5. The monoisotopic (exact) mass is 579 g/mol. The van der Waals surface area contributed by atoms with Gasteiger partial charge in [0.2, 0.25) is 21.8 Å². The molecule has 2 rings (SSSR count). The Morgan fingerprint density at radius 2 is 1.63 bits per heavy atom. The number of sulfonamides is 1. The van der Waals surface area contributed by atoms with E-state index in [0.717, 1.165) is 23.3 Å². The van der Waals surface area contributed by atoms with Crippen molar-refractivity contribution in [2.24, 2.45) is 0 Å². The highest BCUT2D eigenvalue weighted by molar-refractivity contribution is 7.92. The lowest BCUT2D eigenvalue weighted by atomic mass is 10.1. The van der Waals surface area contributed by atoms with Gasteiger partial charge in [-0.2, -0.15) is 13.2 Å². The maximum atomic E-state index is 13.6. The number of nitrogens with zero attached hydrogens (tertiary/aromatic N) is 2. The van der Waals surface area contributed by atoms with Crippen LogP contribution in [0.25, 0.3) is 0 Å². The molecule has 1 unspecified atom stereocenters. The summed E-state index contributed by atoms with van der Waals surface area (Å²) in [7, 11) is -4.26. The molecule has 1 atom stereocenters. The maximum absolute atomic E-state index is 13.6. The van der Waals surface area contributed by atoms with Gasteiger partial charge in [0, 0.05) is 12.1 Å². The summed E-state index contributed by atoms with van der Waals surface area (Å²) in [5, 5.41) is 2.15. The van der Waals surface area contributed by atoms with Gasteiger partial charge in [0.25, 0.3) is 0 Å². The van der Waals surface area contributed by atoms with Crippen LogP contribution < -0.4 is 9.62 Å². The molecule has 0 spiro atoms. The van der Waals surface area contributed by atoms with Crippen LogP contribution in [-0.2, 0) is 32.3 Å². The molecule has 210 valence electrons. The van der Waals surface area contributed by atoms with Gasteiger partial charge in [-0.15, -0.1) is 0 Å². The van der Waals surface area contributed by atoms with Crippen LogP contribution in [-0.4, -0.2) is 49.5 Å². The normalized spacial score (nSPS) is 13.1. The molecule has 2 aromatic rings. The van der Waals surface area contributed by atoms with Crippen molar-refractivity contribution < 1.29 is 35.6 Å². The molecule has 2 amide bonds. The first-order chi connectivity index (χ1) is 17.3. The number of carbonyl (C=O) groups is 2. The lowest BCUT2D eigenvalue weighted by Gasteiger charge is -2.34. The van der Waals surface area contributed by atoms with Crippen LogP contribution in [0.2, 0.25) is 5.02 Å². The lowest BCUT2D eigenvalue weighted by molar-refractivity contribution is -0.141. The van der Waals surface area contributed by atoms with Crippen molar-refractivity contribution >= 4 is 39.1 Å². The molecule has 1 N–H and O–H groups in total. The fourth-order valence-corrected chi connectivity index (χ4v) is 4.72. The van der Waals surface area contributed by atoms with E-state index >= 15 is 0 Å². The van der Waals surface area contributed by atoms with E-state index in [2.05, 4.69) is 5.32 Å². The van der Waals surface area contributed by atoms with E-state index in [0.29, 0.717) is 15.9 Å². The van der Waals surface area contributed by atoms with E-state index in [1.807, 2.05) is 0 Å². The predicted molar refractivity (Wildman–Crippen MR) is 138 cm³/mol. The molecular formula is C25H30ClF4N3O4S. The summed E-state index contributed by atoms with van der Waals surface area (Å²) in [5.41, 5.74) is -1.88. The molecule has 0 aromatic heterocycles. The van der Waals surface area contributed by atoms with E-state index < -0.39 is 68.2 Å². The van der Waals surface area contributed by atoms with E-state index in [4.69, 9.17) is 11.6 Å². The summed E-state index contributed by atoms with van der Waals surface area (Å²) in [4.78, 5) is 27.8. The Kier molecular flexibility index (Phi) is 9.82. The summed E-state index contributed by atoms with van der Waals surface area (Å²) >= 11 is 5.67. The molecule has 0 heterocycles. The lowest BCUT2D eigenvalue weighted by Crippen LogP contribution is -2.55. The van der Waals surface area contributed by atoms with Gasteiger partial charge in [-0.3, -0.25) is 13.9 Å². The fourth-order valence-electron chi connectivity index (χ4n) is 3.66. The first-order valence-electron chi connectivity index (χ1n) is 11.5. The molecule has 0 saturated heterocycles. The summed E-state index contributed by atoms with van der Waals surface area (Å²) in [5.74, 6) is -1.87. The number of rotatable bonds is 9. The summed E-state index contributed by atoms with van der Waals surface area (Å²) in [6.45, 7) is 5.82. The quantitative estimate of drug-likeness (QED) is 0.424. The van der Waals surface area contributed by atoms with Gasteiger partial charge in [-0.1, -0.05) is 30.7 Å². The Balaban J connectivity index is 2.53. The number of amides is 2. The molecule has 0 radical (unpaired) electrons. The Bertz CT molecular complexity index is 1260. The third kappa shape index (κ3) is 8.59.